The highest BCUT2D eigenvalue weighted by atomic mass is 14.9. The van der Waals surface area contributed by atoms with E-state index in [2.05, 4.69) is 64.2 Å². The molecule has 1 nitrogen and oxygen atoms in total. The molecular formula is C18H31N. The summed E-state index contributed by atoms with van der Waals surface area (Å²) >= 11 is 0. The summed E-state index contributed by atoms with van der Waals surface area (Å²) in [5.74, 6) is 1.58. The zero-order chi connectivity index (χ0) is 14.3. The van der Waals surface area contributed by atoms with Crippen molar-refractivity contribution in [2.75, 3.05) is 6.54 Å². The van der Waals surface area contributed by atoms with Gasteiger partial charge in [-0.05, 0) is 37.3 Å². The van der Waals surface area contributed by atoms with E-state index in [0.717, 1.165) is 18.4 Å². The fraction of sp³-hybridized carbons (Fsp3) is 0.667. The fourth-order valence-corrected chi connectivity index (χ4v) is 2.77. The summed E-state index contributed by atoms with van der Waals surface area (Å²) in [5, 5.41) is 3.63. The third-order valence-corrected chi connectivity index (χ3v) is 4.12. The van der Waals surface area contributed by atoms with Crippen LogP contribution in [0.2, 0.25) is 0 Å². The molecule has 0 saturated heterocycles. The molecule has 0 bridgehead atoms. The lowest BCUT2D eigenvalue weighted by Gasteiger charge is -2.27. The Morgan fingerprint density at radius 1 is 0.947 bits per heavy atom. The Hall–Kier alpha value is -0.820. The van der Waals surface area contributed by atoms with Crippen LogP contribution in [0, 0.1) is 18.8 Å². The van der Waals surface area contributed by atoms with Gasteiger partial charge in [0.05, 0.1) is 0 Å². The lowest BCUT2D eigenvalue weighted by Crippen LogP contribution is -2.33. The van der Waals surface area contributed by atoms with Crippen LogP contribution < -0.4 is 5.32 Å². The second kappa shape index (κ2) is 8.37. The molecule has 1 rings (SSSR count). The van der Waals surface area contributed by atoms with Gasteiger partial charge < -0.3 is 5.32 Å². The summed E-state index contributed by atoms with van der Waals surface area (Å²) in [7, 11) is 0. The third-order valence-electron chi connectivity index (χ3n) is 4.12. The van der Waals surface area contributed by atoms with Gasteiger partial charge in [-0.2, -0.15) is 0 Å². The third kappa shape index (κ3) is 5.78. The molecule has 0 aliphatic carbocycles. The Bertz CT molecular complexity index is 335. The normalized spacial score (nSPS) is 13.2. The van der Waals surface area contributed by atoms with Crippen molar-refractivity contribution in [1.82, 2.24) is 5.32 Å². The highest BCUT2D eigenvalue weighted by Gasteiger charge is 2.19. The van der Waals surface area contributed by atoms with Crippen LogP contribution in [-0.2, 0) is 6.42 Å². The number of hydrogen-bond donors (Lipinski definition) is 1. The Morgan fingerprint density at radius 3 is 2.00 bits per heavy atom. The van der Waals surface area contributed by atoms with Gasteiger partial charge in [-0.25, -0.2) is 0 Å². The highest BCUT2D eigenvalue weighted by Crippen LogP contribution is 2.23. The molecule has 1 unspecified atom stereocenters. The Labute approximate surface area is 119 Å². The summed E-state index contributed by atoms with van der Waals surface area (Å²) in [4.78, 5) is 0. The second-order valence-electron chi connectivity index (χ2n) is 6.09. The van der Waals surface area contributed by atoms with Gasteiger partial charge in [0.25, 0.3) is 0 Å². The molecule has 0 aliphatic heterocycles. The molecule has 1 aromatic rings. The second-order valence-corrected chi connectivity index (χ2v) is 6.09. The number of hydrogen-bond acceptors (Lipinski definition) is 1. The van der Waals surface area contributed by atoms with Crippen molar-refractivity contribution in [2.45, 2.75) is 59.9 Å². The van der Waals surface area contributed by atoms with Crippen molar-refractivity contribution in [3.8, 4) is 0 Å². The van der Waals surface area contributed by atoms with Crippen LogP contribution in [0.25, 0.3) is 0 Å². The standard InChI is InChI=1S/C18H31N/c1-6-17(7-2)18(13-19-14(3)4)12-16-10-8-15(5)9-11-16/h8-11,14,17-19H,6-7,12-13H2,1-5H3. The molecule has 108 valence electrons. The Kier molecular flexibility index (Phi) is 7.15. The van der Waals surface area contributed by atoms with Crippen LogP contribution in [0.1, 0.15) is 51.7 Å². The first-order valence-electron chi connectivity index (χ1n) is 7.85. The monoisotopic (exact) mass is 261 g/mol. The minimum Gasteiger partial charge on any atom is -0.314 e. The van der Waals surface area contributed by atoms with Crippen molar-refractivity contribution < 1.29 is 0 Å². The first kappa shape index (κ1) is 16.2. The van der Waals surface area contributed by atoms with Crippen molar-refractivity contribution >= 4 is 0 Å². The van der Waals surface area contributed by atoms with Gasteiger partial charge in [0.15, 0.2) is 0 Å². The molecule has 0 saturated carbocycles. The molecule has 0 aliphatic rings. The molecule has 19 heavy (non-hydrogen) atoms. The van der Waals surface area contributed by atoms with Gasteiger partial charge in [-0.1, -0.05) is 70.4 Å². The van der Waals surface area contributed by atoms with E-state index in [9.17, 15) is 0 Å². The minimum atomic E-state index is 0.579. The van der Waals surface area contributed by atoms with Gasteiger partial charge in [0.1, 0.15) is 0 Å². The van der Waals surface area contributed by atoms with Crippen molar-refractivity contribution in [3.63, 3.8) is 0 Å². The average molecular weight is 261 g/mol. The summed E-state index contributed by atoms with van der Waals surface area (Å²) < 4.78 is 0. The fourth-order valence-electron chi connectivity index (χ4n) is 2.77. The quantitative estimate of drug-likeness (QED) is 0.722. The molecule has 0 heterocycles. The van der Waals surface area contributed by atoms with E-state index in [4.69, 9.17) is 0 Å². The van der Waals surface area contributed by atoms with Gasteiger partial charge in [0.2, 0.25) is 0 Å². The first-order chi connectivity index (χ1) is 9.06. The van der Waals surface area contributed by atoms with Crippen molar-refractivity contribution in [1.29, 1.82) is 0 Å². The van der Waals surface area contributed by atoms with E-state index in [0.29, 0.717) is 6.04 Å². The summed E-state index contributed by atoms with van der Waals surface area (Å²) in [6.07, 6.45) is 3.77. The molecule has 0 amide bonds. The maximum Gasteiger partial charge on any atom is 0.00104 e. The Balaban J connectivity index is 2.69. The predicted molar refractivity (Wildman–Crippen MR) is 85.6 cm³/mol. The van der Waals surface area contributed by atoms with Gasteiger partial charge in [-0.15, -0.1) is 0 Å². The van der Waals surface area contributed by atoms with Crippen LogP contribution in [0.3, 0.4) is 0 Å². The summed E-state index contributed by atoms with van der Waals surface area (Å²) in [6.45, 7) is 12.4. The van der Waals surface area contributed by atoms with Crippen LogP contribution in [0.5, 0.6) is 0 Å². The van der Waals surface area contributed by atoms with Crippen LogP contribution >= 0.6 is 0 Å². The minimum absolute atomic E-state index is 0.579. The predicted octanol–water partition coefficient (Wildman–Crippen LogP) is 4.59. The van der Waals surface area contributed by atoms with E-state index >= 15 is 0 Å². The molecule has 0 radical (unpaired) electrons. The molecule has 1 aromatic carbocycles. The number of benzene rings is 1. The zero-order valence-electron chi connectivity index (χ0n) is 13.4. The van der Waals surface area contributed by atoms with Crippen LogP contribution in [0.15, 0.2) is 24.3 Å². The maximum atomic E-state index is 3.63. The maximum absolute atomic E-state index is 3.63. The SMILES string of the molecule is CCC(CC)C(CNC(C)C)Cc1ccc(C)cc1. The first-order valence-corrected chi connectivity index (χ1v) is 7.85. The molecule has 1 atom stereocenters. The average Bonchev–Trinajstić information content (AvgIpc) is 2.39. The van der Waals surface area contributed by atoms with Crippen LogP contribution in [-0.4, -0.2) is 12.6 Å². The largest absolute Gasteiger partial charge is 0.314 e. The lowest BCUT2D eigenvalue weighted by atomic mass is 9.83. The van der Waals surface area contributed by atoms with E-state index in [-0.39, 0.29) is 0 Å². The molecule has 1 heteroatoms. The summed E-state index contributed by atoms with van der Waals surface area (Å²) in [6, 6.07) is 9.62. The molecule has 1 N–H and O–H groups in total. The van der Waals surface area contributed by atoms with Crippen LogP contribution in [0.4, 0.5) is 0 Å². The van der Waals surface area contributed by atoms with E-state index in [1.54, 1.807) is 0 Å². The smallest absolute Gasteiger partial charge is 0.00104 e. The van der Waals surface area contributed by atoms with Gasteiger partial charge in [-0.3, -0.25) is 0 Å². The van der Waals surface area contributed by atoms with E-state index < -0.39 is 0 Å². The van der Waals surface area contributed by atoms with Gasteiger partial charge in [0, 0.05) is 6.04 Å². The number of nitrogens with one attached hydrogen (secondary N) is 1. The van der Waals surface area contributed by atoms with Crippen molar-refractivity contribution in [2.24, 2.45) is 11.8 Å². The van der Waals surface area contributed by atoms with E-state index in [1.165, 1.54) is 30.4 Å². The van der Waals surface area contributed by atoms with Gasteiger partial charge >= 0.3 is 0 Å². The number of aryl methyl sites for hydroxylation is 1. The van der Waals surface area contributed by atoms with E-state index in [1.807, 2.05) is 0 Å². The lowest BCUT2D eigenvalue weighted by molar-refractivity contribution is 0.291. The zero-order valence-corrected chi connectivity index (χ0v) is 13.4. The Morgan fingerprint density at radius 2 is 1.53 bits per heavy atom. The number of rotatable bonds is 8. The molecular weight excluding hydrogens is 230 g/mol. The summed E-state index contributed by atoms with van der Waals surface area (Å²) in [5.41, 5.74) is 2.83. The highest BCUT2D eigenvalue weighted by molar-refractivity contribution is 5.21. The molecule has 0 spiro atoms. The van der Waals surface area contributed by atoms with Crippen molar-refractivity contribution in [3.05, 3.63) is 35.4 Å². The molecule has 0 fully saturated rings. The molecule has 0 aromatic heterocycles. The topological polar surface area (TPSA) is 12.0 Å².